The highest BCUT2D eigenvalue weighted by Gasteiger charge is 2.26. The van der Waals surface area contributed by atoms with Crippen LogP contribution >= 0.6 is 11.3 Å². The summed E-state index contributed by atoms with van der Waals surface area (Å²) < 4.78 is 13.4. The van der Waals surface area contributed by atoms with Gasteiger partial charge in [0.05, 0.1) is 5.69 Å². The van der Waals surface area contributed by atoms with E-state index < -0.39 is 5.97 Å². The molecule has 2 aromatic rings. The Labute approximate surface area is 119 Å². The lowest BCUT2D eigenvalue weighted by Crippen LogP contribution is -2.13. The fourth-order valence-corrected chi connectivity index (χ4v) is 3.45. The number of hydrogen-bond donors (Lipinski definition) is 1. The van der Waals surface area contributed by atoms with Gasteiger partial charge in [0.2, 0.25) is 0 Å². The largest absolute Gasteiger partial charge is 0.477 e. The number of fused-ring (bicyclic) bond motifs is 1. The smallest absolute Gasteiger partial charge is 0.347 e. The summed E-state index contributed by atoms with van der Waals surface area (Å²) in [5.41, 5.74) is 2.44. The van der Waals surface area contributed by atoms with E-state index in [1.165, 1.54) is 12.1 Å². The molecule has 1 aromatic heterocycles. The van der Waals surface area contributed by atoms with Crippen molar-refractivity contribution in [2.45, 2.75) is 19.8 Å². The predicted molar refractivity (Wildman–Crippen MR) is 75.6 cm³/mol. The Balaban J connectivity index is 2.04. The predicted octanol–water partition coefficient (Wildman–Crippen LogP) is 3.24. The second kappa shape index (κ2) is 4.86. The van der Waals surface area contributed by atoms with Gasteiger partial charge in [-0.25, -0.2) is 14.2 Å². The van der Waals surface area contributed by atoms with Crippen molar-refractivity contribution in [1.82, 2.24) is 4.98 Å². The average Bonchev–Trinajstić information content (AvgIpc) is 3.00. The second-order valence-corrected chi connectivity index (χ2v) is 5.58. The lowest BCUT2D eigenvalue weighted by atomic mass is 10.2. The molecule has 0 aliphatic carbocycles. The highest BCUT2D eigenvalue weighted by Crippen LogP contribution is 2.38. The number of hydrogen-bond acceptors (Lipinski definition) is 4. The number of rotatable bonds is 3. The van der Waals surface area contributed by atoms with Gasteiger partial charge in [0.25, 0.3) is 0 Å². The van der Waals surface area contributed by atoms with Crippen LogP contribution in [0.4, 0.5) is 15.2 Å². The van der Waals surface area contributed by atoms with Crippen molar-refractivity contribution >= 4 is 28.1 Å². The van der Waals surface area contributed by atoms with Gasteiger partial charge in [-0.15, -0.1) is 0 Å². The van der Waals surface area contributed by atoms with Crippen molar-refractivity contribution in [3.8, 4) is 0 Å². The molecule has 2 heterocycles. The van der Waals surface area contributed by atoms with Crippen molar-refractivity contribution in [2.75, 3.05) is 11.4 Å². The number of carbonyl (C=O) groups is 1. The van der Waals surface area contributed by atoms with Crippen LogP contribution in [0.5, 0.6) is 0 Å². The second-order valence-electron chi connectivity index (χ2n) is 4.61. The molecule has 0 spiro atoms. The first-order valence-corrected chi connectivity index (χ1v) is 7.20. The Kier molecular flexibility index (Phi) is 3.17. The lowest BCUT2D eigenvalue weighted by molar-refractivity contribution is 0.0701. The monoisotopic (exact) mass is 292 g/mol. The van der Waals surface area contributed by atoms with E-state index in [0.29, 0.717) is 23.8 Å². The Hall–Kier alpha value is -1.95. The third kappa shape index (κ3) is 2.06. The van der Waals surface area contributed by atoms with Gasteiger partial charge in [0.15, 0.2) is 5.13 Å². The zero-order valence-electron chi connectivity index (χ0n) is 10.9. The molecule has 0 saturated carbocycles. The zero-order valence-corrected chi connectivity index (χ0v) is 11.7. The van der Waals surface area contributed by atoms with Crippen LogP contribution in [0.1, 0.15) is 27.9 Å². The number of nitrogens with zero attached hydrogens (tertiary/aromatic N) is 2. The van der Waals surface area contributed by atoms with Gasteiger partial charge in [0, 0.05) is 12.2 Å². The molecule has 0 fully saturated rings. The summed E-state index contributed by atoms with van der Waals surface area (Å²) in [5.74, 6) is -1.24. The van der Waals surface area contributed by atoms with Gasteiger partial charge >= 0.3 is 5.97 Å². The number of aromatic nitrogens is 1. The van der Waals surface area contributed by atoms with E-state index in [-0.39, 0.29) is 10.7 Å². The van der Waals surface area contributed by atoms with Crippen LogP contribution in [0.2, 0.25) is 0 Å². The molecule has 1 aliphatic heterocycles. The van der Waals surface area contributed by atoms with E-state index >= 15 is 0 Å². The Morgan fingerprint density at radius 1 is 1.55 bits per heavy atom. The highest BCUT2D eigenvalue weighted by molar-refractivity contribution is 7.17. The normalized spacial score (nSPS) is 13.6. The van der Waals surface area contributed by atoms with E-state index in [1.54, 1.807) is 6.07 Å². The minimum atomic E-state index is -0.954. The van der Waals surface area contributed by atoms with E-state index in [1.807, 2.05) is 11.8 Å². The van der Waals surface area contributed by atoms with Gasteiger partial charge in [0.1, 0.15) is 10.7 Å². The molecule has 104 valence electrons. The lowest BCUT2D eigenvalue weighted by Gasteiger charge is -2.15. The fraction of sp³-hybridized carbons (Fsp3) is 0.286. The average molecular weight is 292 g/mol. The van der Waals surface area contributed by atoms with E-state index in [9.17, 15) is 14.3 Å². The van der Waals surface area contributed by atoms with Gasteiger partial charge in [-0.3, -0.25) is 0 Å². The maximum absolute atomic E-state index is 13.4. The van der Waals surface area contributed by atoms with E-state index in [0.717, 1.165) is 29.0 Å². The summed E-state index contributed by atoms with van der Waals surface area (Å²) in [6, 6.07) is 4.71. The summed E-state index contributed by atoms with van der Waals surface area (Å²) in [6.07, 6.45) is 1.39. The van der Waals surface area contributed by atoms with Crippen LogP contribution in [0.15, 0.2) is 18.2 Å². The van der Waals surface area contributed by atoms with Crippen molar-refractivity contribution in [3.63, 3.8) is 0 Å². The molecule has 0 radical (unpaired) electrons. The molecular formula is C14H13FN2O2S. The summed E-state index contributed by atoms with van der Waals surface area (Å²) in [5, 5.41) is 9.81. The molecular weight excluding hydrogens is 279 g/mol. The number of thiazole rings is 1. The van der Waals surface area contributed by atoms with E-state index in [2.05, 4.69) is 4.98 Å². The van der Waals surface area contributed by atoms with Crippen LogP contribution in [0.3, 0.4) is 0 Å². The number of benzene rings is 1. The topological polar surface area (TPSA) is 53.4 Å². The summed E-state index contributed by atoms with van der Waals surface area (Å²) in [4.78, 5) is 17.8. The minimum Gasteiger partial charge on any atom is -0.477 e. The fourth-order valence-electron chi connectivity index (χ4n) is 2.41. The highest BCUT2D eigenvalue weighted by atomic mass is 32.1. The molecule has 3 rings (SSSR count). The molecule has 0 saturated heterocycles. The van der Waals surface area contributed by atoms with Crippen molar-refractivity contribution < 1.29 is 14.3 Å². The minimum absolute atomic E-state index is 0.271. The van der Waals surface area contributed by atoms with Crippen LogP contribution in [-0.4, -0.2) is 22.6 Å². The van der Waals surface area contributed by atoms with Gasteiger partial charge < -0.3 is 10.0 Å². The molecule has 1 aliphatic rings. The van der Waals surface area contributed by atoms with Crippen LogP contribution in [-0.2, 0) is 12.8 Å². The number of anilines is 2. The first kappa shape index (κ1) is 13.1. The molecule has 1 N–H and O–H groups in total. The summed E-state index contributed by atoms with van der Waals surface area (Å²) in [6.45, 7) is 2.58. The number of aromatic carboxylic acids is 1. The van der Waals surface area contributed by atoms with Gasteiger partial charge in [-0.05, 0) is 30.5 Å². The molecule has 1 aromatic carbocycles. The third-order valence-electron chi connectivity index (χ3n) is 3.39. The summed E-state index contributed by atoms with van der Waals surface area (Å²) >= 11 is 1.15. The molecule has 0 atom stereocenters. The van der Waals surface area contributed by atoms with Crippen molar-refractivity contribution in [1.29, 1.82) is 0 Å². The van der Waals surface area contributed by atoms with Gasteiger partial charge in [-0.2, -0.15) is 0 Å². The molecule has 0 bridgehead atoms. The number of carboxylic acids is 1. The first-order valence-electron chi connectivity index (χ1n) is 6.39. The maximum atomic E-state index is 13.4. The first-order chi connectivity index (χ1) is 9.60. The molecule has 4 nitrogen and oxygen atoms in total. The number of halogens is 1. The Morgan fingerprint density at radius 3 is 3.00 bits per heavy atom. The standard InChI is InChI=1S/C14H13FN2O2S/c1-2-10-12(13(18)19)20-14(16-10)17-6-5-8-3-4-9(15)7-11(8)17/h3-4,7H,2,5-6H2,1H3,(H,18,19). The Morgan fingerprint density at radius 2 is 2.35 bits per heavy atom. The number of carboxylic acid groups (broad SMARTS) is 1. The quantitative estimate of drug-likeness (QED) is 0.943. The number of aryl methyl sites for hydroxylation is 1. The summed E-state index contributed by atoms with van der Waals surface area (Å²) in [7, 11) is 0. The molecule has 20 heavy (non-hydrogen) atoms. The molecule has 6 heteroatoms. The van der Waals surface area contributed by atoms with E-state index in [4.69, 9.17) is 0 Å². The molecule has 0 amide bonds. The van der Waals surface area contributed by atoms with Crippen molar-refractivity contribution in [2.24, 2.45) is 0 Å². The third-order valence-corrected chi connectivity index (χ3v) is 4.50. The Bertz CT molecular complexity index is 684. The zero-order chi connectivity index (χ0) is 14.3. The van der Waals surface area contributed by atoms with Crippen LogP contribution in [0.25, 0.3) is 0 Å². The van der Waals surface area contributed by atoms with Gasteiger partial charge in [-0.1, -0.05) is 24.3 Å². The van der Waals surface area contributed by atoms with Crippen LogP contribution in [0, 0.1) is 5.82 Å². The maximum Gasteiger partial charge on any atom is 0.347 e. The van der Waals surface area contributed by atoms with Crippen LogP contribution < -0.4 is 4.90 Å². The SMILES string of the molecule is CCc1nc(N2CCc3ccc(F)cc32)sc1C(=O)O. The molecule has 0 unspecified atom stereocenters. The van der Waals surface area contributed by atoms with Crippen molar-refractivity contribution in [3.05, 3.63) is 40.2 Å².